The number of methoxy groups -OCH3 is 1. The van der Waals surface area contributed by atoms with Gasteiger partial charge in [0.05, 0.1) is 18.6 Å². The van der Waals surface area contributed by atoms with Crippen LogP contribution >= 0.6 is 0 Å². The summed E-state index contributed by atoms with van der Waals surface area (Å²) in [5, 5.41) is 2.64. The molecule has 0 spiro atoms. The van der Waals surface area contributed by atoms with Crippen LogP contribution in [-0.2, 0) is 31.4 Å². The predicted octanol–water partition coefficient (Wildman–Crippen LogP) is 2.34. The molecule has 1 heterocycles. The summed E-state index contributed by atoms with van der Waals surface area (Å²) in [5.41, 5.74) is 0.661. The monoisotopic (exact) mass is 527 g/mol. The van der Waals surface area contributed by atoms with Crippen molar-refractivity contribution in [2.75, 3.05) is 33.3 Å². The van der Waals surface area contributed by atoms with Crippen LogP contribution in [0.15, 0.2) is 52.3 Å². The van der Waals surface area contributed by atoms with Gasteiger partial charge in [0, 0.05) is 26.2 Å². The summed E-state index contributed by atoms with van der Waals surface area (Å²) in [7, 11) is -6.46. The SMILES string of the molecule is CCN(CC(=O)NCc1ccc(S(=O)(=O)N2CCCCC2)cc1)S(=O)(=O)c1cc(F)ccc1OC. The van der Waals surface area contributed by atoms with Crippen molar-refractivity contribution < 1.29 is 30.8 Å². The van der Waals surface area contributed by atoms with E-state index in [0.29, 0.717) is 18.7 Å². The van der Waals surface area contributed by atoms with Crippen molar-refractivity contribution in [3.8, 4) is 5.75 Å². The fraction of sp³-hybridized carbons (Fsp3) is 0.435. The molecule has 1 N–H and O–H groups in total. The molecule has 12 heteroatoms. The van der Waals surface area contributed by atoms with Crippen molar-refractivity contribution in [3.05, 3.63) is 53.8 Å². The van der Waals surface area contributed by atoms with Crippen molar-refractivity contribution in [3.63, 3.8) is 0 Å². The van der Waals surface area contributed by atoms with Crippen LogP contribution < -0.4 is 10.1 Å². The lowest BCUT2D eigenvalue weighted by molar-refractivity contribution is -0.121. The molecule has 3 rings (SSSR count). The molecule has 0 atom stereocenters. The smallest absolute Gasteiger partial charge is 0.247 e. The van der Waals surface area contributed by atoms with Crippen LogP contribution in [0.1, 0.15) is 31.7 Å². The number of sulfonamides is 2. The normalized spacial score (nSPS) is 15.2. The second-order valence-corrected chi connectivity index (χ2v) is 12.0. The lowest BCUT2D eigenvalue weighted by Crippen LogP contribution is -2.40. The summed E-state index contributed by atoms with van der Waals surface area (Å²) >= 11 is 0. The number of rotatable bonds is 10. The number of carbonyl (C=O) groups is 1. The minimum absolute atomic E-state index is 0.0154. The average Bonchev–Trinajstić information content (AvgIpc) is 2.86. The van der Waals surface area contributed by atoms with Crippen LogP contribution in [0.2, 0.25) is 0 Å². The fourth-order valence-electron chi connectivity index (χ4n) is 3.81. The second kappa shape index (κ2) is 11.5. The van der Waals surface area contributed by atoms with Gasteiger partial charge in [-0.1, -0.05) is 25.5 Å². The third-order valence-corrected chi connectivity index (χ3v) is 9.64. The molecule has 0 saturated carbocycles. The zero-order chi connectivity index (χ0) is 25.6. The van der Waals surface area contributed by atoms with Crippen LogP contribution in [0.25, 0.3) is 0 Å². The highest BCUT2D eigenvalue weighted by Crippen LogP contribution is 2.27. The van der Waals surface area contributed by atoms with Crippen LogP contribution in [-0.4, -0.2) is 64.6 Å². The minimum Gasteiger partial charge on any atom is -0.495 e. The lowest BCUT2D eigenvalue weighted by atomic mass is 10.2. The first-order valence-electron chi connectivity index (χ1n) is 11.3. The number of nitrogens with one attached hydrogen (secondary N) is 1. The Morgan fingerprint density at radius 1 is 1.06 bits per heavy atom. The van der Waals surface area contributed by atoms with Gasteiger partial charge in [-0.15, -0.1) is 0 Å². The largest absolute Gasteiger partial charge is 0.495 e. The van der Waals surface area contributed by atoms with Gasteiger partial charge in [-0.2, -0.15) is 8.61 Å². The van der Waals surface area contributed by atoms with Gasteiger partial charge in [0.15, 0.2) is 0 Å². The van der Waals surface area contributed by atoms with Crippen molar-refractivity contribution in [2.24, 2.45) is 0 Å². The van der Waals surface area contributed by atoms with E-state index in [4.69, 9.17) is 4.74 Å². The molecule has 0 bridgehead atoms. The Kier molecular flexibility index (Phi) is 8.86. The molecular weight excluding hydrogens is 497 g/mol. The van der Waals surface area contributed by atoms with Gasteiger partial charge in [-0.05, 0) is 48.7 Å². The molecule has 1 saturated heterocycles. The summed E-state index contributed by atoms with van der Waals surface area (Å²) in [6, 6.07) is 9.39. The Hall–Kier alpha value is -2.54. The molecule has 192 valence electrons. The van der Waals surface area contributed by atoms with E-state index in [0.717, 1.165) is 35.7 Å². The van der Waals surface area contributed by atoms with E-state index in [1.54, 1.807) is 19.1 Å². The highest BCUT2D eigenvalue weighted by Gasteiger charge is 2.29. The number of carbonyl (C=O) groups excluding carboxylic acids is 1. The molecule has 0 unspecified atom stereocenters. The van der Waals surface area contributed by atoms with Crippen molar-refractivity contribution in [2.45, 2.75) is 42.5 Å². The Morgan fingerprint density at radius 3 is 2.31 bits per heavy atom. The first-order chi connectivity index (χ1) is 16.6. The lowest BCUT2D eigenvalue weighted by Gasteiger charge is -2.25. The number of nitrogens with zero attached hydrogens (tertiary/aromatic N) is 2. The van der Waals surface area contributed by atoms with Crippen molar-refractivity contribution >= 4 is 26.0 Å². The summed E-state index contributed by atoms with van der Waals surface area (Å²) in [4.78, 5) is 12.3. The Bertz CT molecular complexity index is 1240. The zero-order valence-electron chi connectivity index (χ0n) is 19.7. The highest BCUT2D eigenvalue weighted by molar-refractivity contribution is 7.89. The van der Waals surface area contributed by atoms with E-state index in [1.165, 1.54) is 29.6 Å². The molecule has 0 aliphatic carbocycles. The molecule has 9 nitrogen and oxygen atoms in total. The molecule has 0 aromatic heterocycles. The van der Waals surface area contributed by atoms with Gasteiger partial charge >= 0.3 is 0 Å². The summed E-state index contributed by atoms with van der Waals surface area (Å²) in [6.45, 7) is 2.19. The molecule has 2 aromatic carbocycles. The highest BCUT2D eigenvalue weighted by atomic mass is 32.2. The maximum absolute atomic E-state index is 13.7. The van der Waals surface area contributed by atoms with E-state index in [-0.39, 0.29) is 28.6 Å². The number of ether oxygens (including phenoxy) is 1. The van der Waals surface area contributed by atoms with Crippen LogP contribution in [0.5, 0.6) is 5.75 Å². The van der Waals surface area contributed by atoms with Crippen LogP contribution in [0.4, 0.5) is 4.39 Å². The number of hydrogen-bond donors (Lipinski definition) is 1. The van der Waals surface area contributed by atoms with Gasteiger partial charge in [0.25, 0.3) is 0 Å². The molecular formula is C23H30FN3O6S2. The maximum atomic E-state index is 13.7. The van der Waals surface area contributed by atoms with Gasteiger partial charge in [-0.25, -0.2) is 21.2 Å². The Balaban J connectivity index is 1.63. The third kappa shape index (κ3) is 6.37. The molecule has 1 amide bonds. The molecule has 0 radical (unpaired) electrons. The van der Waals surface area contributed by atoms with Crippen molar-refractivity contribution in [1.29, 1.82) is 0 Å². The van der Waals surface area contributed by atoms with E-state index in [1.807, 2.05) is 0 Å². The number of likely N-dealkylation sites (N-methyl/N-ethyl adjacent to an activating group) is 1. The van der Waals surface area contributed by atoms with E-state index in [9.17, 15) is 26.0 Å². The average molecular weight is 528 g/mol. The van der Waals surface area contributed by atoms with Gasteiger partial charge in [0.1, 0.15) is 16.5 Å². The number of piperidine rings is 1. The topological polar surface area (TPSA) is 113 Å². The Morgan fingerprint density at radius 2 is 1.71 bits per heavy atom. The van der Waals surface area contributed by atoms with E-state index in [2.05, 4.69) is 5.32 Å². The molecule has 1 aliphatic rings. The summed E-state index contributed by atoms with van der Waals surface area (Å²) < 4.78 is 72.7. The van der Waals surface area contributed by atoms with Crippen LogP contribution in [0.3, 0.4) is 0 Å². The zero-order valence-corrected chi connectivity index (χ0v) is 21.4. The minimum atomic E-state index is -4.19. The van der Waals surface area contributed by atoms with Gasteiger partial charge < -0.3 is 10.1 Å². The predicted molar refractivity (Wildman–Crippen MR) is 128 cm³/mol. The molecule has 2 aromatic rings. The summed E-state index contributed by atoms with van der Waals surface area (Å²) in [5.74, 6) is -1.32. The molecule has 1 aliphatic heterocycles. The molecule has 35 heavy (non-hydrogen) atoms. The Labute approximate surface area is 206 Å². The number of halogens is 1. The number of amides is 1. The third-order valence-electron chi connectivity index (χ3n) is 5.78. The van der Waals surface area contributed by atoms with E-state index < -0.39 is 38.3 Å². The van der Waals surface area contributed by atoms with E-state index >= 15 is 0 Å². The number of hydrogen-bond acceptors (Lipinski definition) is 6. The summed E-state index contributed by atoms with van der Waals surface area (Å²) in [6.07, 6.45) is 2.72. The first-order valence-corrected chi connectivity index (χ1v) is 14.2. The molecule has 1 fully saturated rings. The first kappa shape index (κ1) is 27.1. The standard InChI is InChI=1S/C23H30FN3O6S2/c1-3-26(35(31,32)22-15-19(24)9-12-21(22)33-2)17-23(28)25-16-18-7-10-20(11-8-18)34(29,30)27-13-5-4-6-14-27/h7-12,15H,3-6,13-14,16-17H2,1-2H3,(H,25,28). The quantitative estimate of drug-likeness (QED) is 0.508. The number of benzene rings is 2. The van der Waals surface area contributed by atoms with Crippen molar-refractivity contribution in [1.82, 2.24) is 13.9 Å². The second-order valence-electron chi connectivity index (χ2n) is 8.11. The fourth-order valence-corrected chi connectivity index (χ4v) is 6.90. The maximum Gasteiger partial charge on any atom is 0.247 e. The van der Waals surface area contributed by atoms with Crippen LogP contribution in [0, 0.1) is 5.82 Å². The van der Waals surface area contributed by atoms with Gasteiger partial charge in [0.2, 0.25) is 26.0 Å². The van der Waals surface area contributed by atoms with Gasteiger partial charge in [-0.3, -0.25) is 4.79 Å².